The molecule has 1 N–H and O–H groups in total. The molecule has 0 spiro atoms. The highest BCUT2D eigenvalue weighted by molar-refractivity contribution is 5.14. The van der Waals surface area contributed by atoms with Gasteiger partial charge in [0.25, 0.3) is 0 Å². The summed E-state index contributed by atoms with van der Waals surface area (Å²) < 4.78 is 0. The Labute approximate surface area is 125 Å². The van der Waals surface area contributed by atoms with Crippen LogP contribution < -0.4 is 5.32 Å². The first-order chi connectivity index (χ1) is 9.83. The van der Waals surface area contributed by atoms with Crippen molar-refractivity contribution < 1.29 is 0 Å². The van der Waals surface area contributed by atoms with Gasteiger partial charge in [0.1, 0.15) is 0 Å². The van der Waals surface area contributed by atoms with Crippen LogP contribution in [0.2, 0.25) is 0 Å². The van der Waals surface area contributed by atoms with Gasteiger partial charge in [-0.05, 0) is 69.0 Å². The minimum absolute atomic E-state index is 0.915. The van der Waals surface area contributed by atoms with Crippen molar-refractivity contribution in [3.8, 4) is 0 Å². The molecule has 1 aliphatic carbocycles. The van der Waals surface area contributed by atoms with Crippen LogP contribution in [0.25, 0.3) is 0 Å². The van der Waals surface area contributed by atoms with Gasteiger partial charge in [0.15, 0.2) is 0 Å². The fourth-order valence-electron chi connectivity index (χ4n) is 3.89. The molecule has 1 fully saturated rings. The molecule has 0 bridgehead atoms. The van der Waals surface area contributed by atoms with Gasteiger partial charge in [0.2, 0.25) is 0 Å². The first kappa shape index (κ1) is 15.6. The maximum absolute atomic E-state index is 3.41. The summed E-state index contributed by atoms with van der Waals surface area (Å²) in [7, 11) is 2.10. The van der Waals surface area contributed by atoms with E-state index < -0.39 is 0 Å². The fourth-order valence-corrected chi connectivity index (χ4v) is 3.89. The van der Waals surface area contributed by atoms with E-state index in [2.05, 4.69) is 49.6 Å². The lowest BCUT2D eigenvalue weighted by Crippen LogP contribution is -2.31. The molecule has 0 radical (unpaired) electrons. The molecule has 1 heteroatoms. The Kier molecular flexibility index (Phi) is 6.59. The third-order valence-corrected chi connectivity index (χ3v) is 5.18. The van der Waals surface area contributed by atoms with Crippen molar-refractivity contribution in [1.82, 2.24) is 5.32 Å². The van der Waals surface area contributed by atoms with Crippen molar-refractivity contribution in [2.24, 2.45) is 17.8 Å². The Morgan fingerprint density at radius 1 is 1.10 bits per heavy atom. The van der Waals surface area contributed by atoms with Crippen molar-refractivity contribution >= 4 is 0 Å². The number of aryl methyl sites for hydroxylation is 1. The normalized spacial score (nSPS) is 26.6. The third-order valence-electron chi connectivity index (χ3n) is 5.18. The second-order valence-electron chi connectivity index (χ2n) is 6.54. The van der Waals surface area contributed by atoms with Gasteiger partial charge >= 0.3 is 0 Å². The number of rotatable bonds is 7. The summed E-state index contributed by atoms with van der Waals surface area (Å²) in [6, 6.07) is 11.0. The van der Waals surface area contributed by atoms with Gasteiger partial charge in [-0.1, -0.05) is 50.1 Å². The molecule has 0 aliphatic heterocycles. The zero-order valence-electron chi connectivity index (χ0n) is 13.3. The highest BCUT2D eigenvalue weighted by atomic mass is 14.8. The highest BCUT2D eigenvalue weighted by Gasteiger charge is 2.28. The smallest absolute Gasteiger partial charge is 0.00209 e. The molecular weight excluding hydrogens is 242 g/mol. The van der Waals surface area contributed by atoms with Crippen LogP contribution in [0.4, 0.5) is 0 Å². The number of benzene rings is 1. The van der Waals surface area contributed by atoms with E-state index in [-0.39, 0.29) is 0 Å². The molecule has 1 nitrogen and oxygen atoms in total. The molecule has 20 heavy (non-hydrogen) atoms. The number of hydrogen-bond donors (Lipinski definition) is 1. The molecule has 1 aromatic rings. The van der Waals surface area contributed by atoms with Gasteiger partial charge in [0.05, 0.1) is 0 Å². The Balaban J connectivity index is 1.80. The van der Waals surface area contributed by atoms with Crippen molar-refractivity contribution in [3.05, 3.63) is 35.9 Å². The first-order valence-corrected chi connectivity index (χ1v) is 8.52. The summed E-state index contributed by atoms with van der Waals surface area (Å²) in [5.41, 5.74) is 1.50. The monoisotopic (exact) mass is 273 g/mol. The Morgan fingerprint density at radius 3 is 2.60 bits per heavy atom. The predicted octanol–water partition coefficient (Wildman–Crippen LogP) is 4.67. The molecule has 2 rings (SSSR count). The van der Waals surface area contributed by atoms with E-state index >= 15 is 0 Å². The van der Waals surface area contributed by atoms with Crippen molar-refractivity contribution in [2.45, 2.75) is 51.9 Å². The third kappa shape index (κ3) is 4.63. The van der Waals surface area contributed by atoms with Crippen LogP contribution in [-0.4, -0.2) is 13.6 Å². The molecular formula is C19H31N. The molecule has 112 valence electrons. The molecule has 0 aromatic heterocycles. The van der Waals surface area contributed by atoms with Crippen LogP contribution >= 0.6 is 0 Å². The predicted molar refractivity (Wildman–Crippen MR) is 87.9 cm³/mol. The lowest BCUT2D eigenvalue weighted by atomic mass is 9.71. The molecule has 0 heterocycles. The summed E-state index contributed by atoms with van der Waals surface area (Å²) in [5, 5.41) is 3.41. The lowest BCUT2D eigenvalue weighted by molar-refractivity contribution is 0.163. The zero-order chi connectivity index (χ0) is 14.2. The molecule has 3 atom stereocenters. The van der Waals surface area contributed by atoms with Gasteiger partial charge in [-0.25, -0.2) is 0 Å². The maximum Gasteiger partial charge on any atom is -0.00209 e. The van der Waals surface area contributed by atoms with Crippen molar-refractivity contribution in [3.63, 3.8) is 0 Å². The molecule has 1 aromatic carbocycles. The van der Waals surface area contributed by atoms with E-state index in [4.69, 9.17) is 0 Å². The van der Waals surface area contributed by atoms with E-state index in [0.29, 0.717) is 0 Å². The van der Waals surface area contributed by atoms with Gasteiger partial charge in [-0.2, -0.15) is 0 Å². The topological polar surface area (TPSA) is 12.0 Å². The van der Waals surface area contributed by atoms with E-state index in [1.54, 1.807) is 0 Å². The van der Waals surface area contributed by atoms with E-state index in [0.717, 1.165) is 17.8 Å². The Morgan fingerprint density at radius 2 is 1.90 bits per heavy atom. The standard InChI is InChI=1S/C19H31N/c1-3-16-12-13-19(15-20-2)18(14-16)11-7-10-17-8-5-4-6-9-17/h4-6,8-9,16,18-20H,3,7,10-15H2,1-2H3. The first-order valence-electron chi connectivity index (χ1n) is 8.52. The molecule has 1 aliphatic rings. The maximum atomic E-state index is 3.41. The SMILES string of the molecule is CCC1CCC(CNC)C(CCCc2ccccc2)C1. The zero-order valence-corrected chi connectivity index (χ0v) is 13.3. The van der Waals surface area contributed by atoms with Gasteiger partial charge < -0.3 is 5.32 Å². The Bertz CT molecular complexity index is 359. The quantitative estimate of drug-likeness (QED) is 0.761. The number of nitrogens with one attached hydrogen (secondary N) is 1. The van der Waals surface area contributed by atoms with Crippen LogP contribution in [-0.2, 0) is 6.42 Å². The highest BCUT2D eigenvalue weighted by Crippen LogP contribution is 2.37. The van der Waals surface area contributed by atoms with Gasteiger partial charge in [0, 0.05) is 0 Å². The average molecular weight is 273 g/mol. The van der Waals surface area contributed by atoms with Crippen LogP contribution in [0.3, 0.4) is 0 Å². The van der Waals surface area contributed by atoms with Gasteiger partial charge in [-0.3, -0.25) is 0 Å². The minimum Gasteiger partial charge on any atom is -0.319 e. The summed E-state index contributed by atoms with van der Waals surface area (Å²) >= 11 is 0. The van der Waals surface area contributed by atoms with E-state index in [1.807, 2.05) is 0 Å². The Hall–Kier alpha value is -0.820. The summed E-state index contributed by atoms with van der Waals surface area (Å²) in [5.74, 6) is 2.85. The fraction of sp³-hybridized carbons (Fsp3) is 0.684. The summed E-state index contributed by atoms with van der Waals surface area (Å²) in [4.78, 5) is 0. The molecule has 0 amide bonds. The summed E-state index contributed by atoms with van der Waals surface area (Å²) in [6.45, 7) is 3.58. The average Bonchev–Trinajstić information content (AvgIpc) is 2.50. The van der Waals surface area contributed by atoms with Crippen molar-refractivity contribution in [1.29, 1.82) is 0 Å². The molecule has 3 unspecified atom stereocenters. The summed E-state index contributed by atoms with van der Waals surface area (Å²) in [6.07, 6.45) is 9.76. The van der Waals surface area contributed by atoms with E-state index in [9.17, 15) is 0 Å². The second kappa shape index (κ2) is 8.46. The van der Waals surface area contributed by atoms with Crippen molar-refractivity contribution in [2.75, 3.05) is 13.6 Å². The van der Waals surface area contributed by atoms with Gasteiger partial charge in [-0.15, -0.1) is 0 Å². The number of hydrogen-bond acceptors (Lipinski definition) is 1. The van der Waals surface area contributed by atoms with Crippen LogP contribution in [0.5, 0.6) is 0 Å². The largest absolute Gasteiger partial charge is 0.319 e. The minimum atomic E-state index is 0.915. The van der Waals surface area contributed by atoms with Crippen LogP contribution in [0.15, 0.2) is 30.3 Å². The second-order valence-corrected chi connectivity index (χ2v) is 6.54. The lowest BCUT2D eigenvalue weighted by Gasteiger charge is -2.36. The van der Waals surface area contributed by atoms with Crippen LogP contribution in [0.1, 0.15) is 51.0 Å². The molecule has 0 saturated heterocycles. The van der Waals surface area contributed by atoms with E-state index in [1.165, 1.54) is 57.1 Å². The van der Waals surface area contributed by atoms with Crippen LogP contribution in [0, 0.1) is 17.8 Å². The molecule has 1 saturated carbocycles.